The molecule has 1 N–H and O–H groups in total. The van der Waals surface area contributed by atoms with Crippen LogP contribution in [0.2, 0.25) is 0 Å². The largest absolute Gasteiger partial charge is 0.356 e. The van der Waals surface area contributed by atoms with Crippen LogP contribution in [0.15, 0.2) is 29.3 Å². The molecular weight excluding hydrogens is 423 g/mol. The van der Waals surface area contributed by atoms with Crippen molar-refractivity contribution in [2.45, 2.75) is 39.7 Å². The van der Waals surface area contributed by atoms with Crippen molar-refractivity contribution in [3.63, 3.8) is 0 Å². The molecule has 1 unspecified atom stereocenters. The molecular formula is C20H35IN4. The summed E-state index contributed by atoms with van der Waals surface area (Å²) in [6.07, 6.45) is 3.64. The first kappa shape index (κ1) is 22.2. The number of guanidine groups is 1. The number of halogens is 1. The van der Waals surface area contributed by atoms with Crippen molar-refractivity contribution in [1.82, 2.24) is 15.1 Å². The van der Waals surface area contributed by atoms with Gasteiger partial charge in [-0.3, -0.25) is 4.99 Å². The highest BCUT2D eigenvalue weighted by molar-refractivity contribution is 14.0. The highest BCUT2D eigenvalue weighted by Gasteiger charge is 2.22. The van der Waals surface area contributed by atoms with E-state index in [-0.39, 0.29) is 24.0 Å². The van der Waals surface area contributed by atoms with Crippen molar-refractivity contribution in [1.29, 1.82) is 0 Å². The molecule has 5 heteroatoms. The van der Waals surface area contributed by atoms with Crippen LogP contribution in [0.1, 0.15) is 37.8 Å². The topological polar surface area (TPSA) is 30.9 Å². The van der Waals surface area contributed by atoms with Gasteiger partial charge >= 0.3 is 0 Å². The van der Waals surface area contributed by atoms with Crippen LogP contribution in [0.5, 0.6) is 0 Å². The second kappa shape index (κ2) is 11.7. The zero-order chi connectivity index (χ0) is 17.4. The zero-order valence-corrected chi connectivity index (χ0v) is 18.6. The molecule has 1 aromatic carbocycles. The van der Waals surface area contributed by atoms with Crippen LogP contribution in [0, 0.1) is 5.92 Å². The molecule has 25 heavy (non-hydrogen) atoms. The minimum absolute atomic E-state index is 0. The second-order valence-electron chi connectivity index (χ2n) is 6.91. The maximum Gasteiger partial charge on any atom is 0.193 e. The average molecular weight is 458 g/mol. The predicted molar refractivity (Wildman–Crippen MR) is 119 cm³/mol. The highest BCUT2D eigenvalue weighted by atomic mass is 127. The van der Waals surface area contributed by atoms with E-state index in [2.05, 4.69) is 65.3 Å². The lowest BCUT2D eigenvalue weighted by molar-refractivity contribution is 0.324. The van der Waals surface area contributed by atoms with Gasteiger partial charge in [0.05, 0.1) is 0 Å². The summed E-state index contributed by atoms with van der Waals surface area (Å²) in [5.74, 6) is 1.73. The SMILES string of the molecule is CCCN1CCC(CNC(=NC)N(C)Cc2ccc(CC)cc2)C1.I. The quantitative estimate of drug-likeness (QED) is 0.385. The first-order valence-electron chi connectivity index (χ1n) is 9.38. The van der Waals surface area contributed by atoms with Crippen molar-refractivity contribution in [3.05, 3.63) is 35.4 Å². The minimum atomic E-state index is 0. The van der Waals surface area contributed by atoms with Crippen molar-refractivity contribution < 1.29 is 0 Å². The van der Waals surface area contributed by atoms with Crippen molar-refractivity contribution >= 4 is 29.9 Å². The lowest BCUT2D eigenvalue weighted by Crippen LogP contribution is -2.41. The maximum absolute atomic E-state index is 4.45. The first-order chi connectivity index (χ1) is 11.7. The number of nitrogens with one attached hydrogen (secondary N) is 1. The van der Waals surface area contributed by atoms with Gasteiger partial charge < -0.3 is 15.1 Å². The molecule has 1 atom stereocenters. The standard InChI is InChI=1S/C20H34N4.HI/c1-5-12-24-13-11-19(16-24)14-22-20(21-3)23(4)15-18-9-7-17(6-2)8-10-18;/h7-10,19H,5-6,11-16H2,1-4H3,(H,21,22);1H. The van der Waals surface area contributed by atoms with E-state index in [1.807, 2.05) is 7.05 Å². The molecule has 1 aliphatic rings. The third-order valence-corrected chi connectivity index (χ3v) is 4.88. The summed E-state index contributed by atoms with van der Waals surface area (Å²) in [7, 11) is 3.98. The van der Waals surface area contributed by atoms with Gasteiger partial charge in [0.15, 0.2) is 5.96 Å². The van der Waals surface area contributed by atoms with E-state index in [0.29, 0.717) is 0 Å². The number of benzene rings is 1. The average Bonchev–Trinajstić information content (AvgIpc) is 3.04. The molecule has 4 nitrogen and oxygen atoms in total. The van der Waals surface area contributed by atoms with Crippen LogP contribution in [0.4, 0.5) is 0 Å². The van der Waals surface area contributed by atoms with Crippen LogP contribution in [0.25, 0.3) is 0 Å². The number of hydrogen-bond donors (Lipinski definition) is 1. The Bertz CT molecular complexity index is 515. The maximum atomic E-state index is 4.45. The summed E-state index contributed by atoms with van der Waals surface area (Å²) in [4.78, 5) is 9.24. The normalized spacial score (nSPS) is 18.1. The van der Waals surface area contributed by atoms with Gasteiger partial charge in [-0.05, 0) is 49.4 Å². The van der Waals surface area contributed by atoms with Crippen LogP contribution >= 0.6 is 24.0 Å². The summed E-state index contributed by atoms with van der Waals surface area (Å²) in [6, 6.07) is 8.89. The number of aliphatic imine (C=N–C) groups is 1. The molecule has 0 spiro atoms. The van der Waals surface area contributed by atoms with E-state index in [4.69, 9.17) is 0 Å². The molecule has 0 radical (unpaired) electrons. The molecule has 142 valence electrons. The molecule has 1 saturated heterocycles. The number of rotatable bonds is 7. The Morgan fingerprint density at radius 1 is 1.24 bits per heavy atom. The lowest BCUT2D eigenvalue weighted by atomic mass is 10.1. The number of aryl methyl sites for hydroxylation is 1. The Balaban J connectivity index is 0.00000312. The fourth-order valence-corrected chi connectivity index (χ4v) is 3.45. The van der Waals surface area contributed by atoms with Crippen molar-refractivity contribution in [2.24, 2.45) is 10.9 Å². The molecule has 2 rings (SSSR count). The van der Waals surface area contributed by atoms with E-state index >= 15 is 0 Å². The van der Waals surface area contributed by atoms with E-state index in [0.717, 1.165) is 31.4 Å². The number of hydrogen-bond acceptors (Lipinski definition) is 2. The molecule has 0 aromatic heterocycles. The van der Waals surface area contributed by atoms with Gasteiger partial charge in [-0.2, -0.15) is 0 Å². The van der Waals surface area contributed by atoms with Gasteiger partial charge in [-0.25, -0.2) is 0 Å². The van der Waals surface area contributed by atoms with Crippen LogP contribution in [-0.2, 0) is 13.0 Å². The molecule has 0 saturated carbocycles. The highest BCUT2D eigenvalue weighted by Crippen LogP contribution is 2.15. The summed E-state index contributed by atoms with van der Waals surface area (Å²) in [6.45, 7) is 10.1. The monoisotopic (exact) mass is 458 g/mol. The van der Waals surface area contributed by atoms with Crippen molar-refractivity contribution in [3.8, 4) is 0 Å². The van der Waals surface area contributed by atoms with Crippen LogP contribution in [0.3, 0.4) is 0 Å². The van der Waals surface area contributed by atoms with Crippen LogP contribution in [-0.4, -0.2) is 56.0 Å². The minimum Gasteiger partial charge on any atom is -0.356 e. The Labute approximate surface area is 171 Å². The van der Waals surface area contributed by atoms with E-state index in [1.165, 1.54) is 43.6 Å². The Kier molecular flexibility index (Phi) is 10.4. The van der Waals surface area contributed by atoms with E-state index in [1.54, 1.807) is 0 Å². The fraction of sp³-hybridized carbons (Fsp3) is 0.650. The van der Waals surface area contributed by atoms with Gasteiger partial charge in [-0.15, -0.1) is 24.0 Å². The number of likely N-dealkylation sites (tertiary alicyclic amines) is 1. The molecule has 1 heterocycles. The Hall–Kier alpha value is -0.820. The van der Waals surface area contributed by atoms with Gasteiger partial charge in [-0.1, -0.05) is 38.1 Å². The zero-order valence-electron chi connectivity index (χ0n) is 16.3. The fourth-order valence-electron chi connectivity index (χ4n) is 3.45. The number of nitrogens with zero attached hydrogens (tertiary/aromatic N) is 3. The molecule has 0 aliphatic carbocycles. The Morgan fingerprint density at radius 3 is 2.52 bits per heavy atom. The van der Waals surface area contributed by atoms with Crippen LogP contribution < -0.4 is 5.32 Å². The summed E-state index contributed by atoms with van der Waals surface area (Å²) in [5.41, 5.74) is 2.72. The molecule has 1 fully saturated rings. The summed E-state index contributed by atoms with van der Waals surface area (Å²) in [5, 5.41) is 3.57. The molecule has 1 aromatic rings. The van der Waals surface area contributed by atoms with Gasteiger partial charge in [0.25, 0.3) is 0 Å². The van der Waals surface area contributed by atoms with E-state index < -0.39 is 0 Å². The van der Waals surface area contributed by atoms with Gasteiger partial charge in [0, 0.05) is 33.7 Å². The molecule has 0 bridgehead atoms. The van der Waals surface area contributed by atoms with Gasteiger partial charge in [0.1, 0.15) is 0 Å². The first-order valence-corrected chi connectivity index (χ1v) is 9.38. The van der Waals surface area contributed by atoms with Crippen molar-refractivity contribution in [2.75, 3.05) is 40.3 Å². The summed E-state index contributed by atoms with van der Waals surface area (Å²) >= 11 is 0. The smallest absolute Gasteiger partial charge is 0.193 e. The summed E-state index contributed by atoms with van der Waals surface area (Å²) < 4.78 is 0. The predicted octanol–water partition coefficient (Wildman–Crippen LogP) is 3.61. The second-order valence-corrected chi connectivity index (χ2v) is 6.91. The molecule has 1 aliphatic heterocycles. The third-order valence-electron chi connectivity index (χ3n) is 4.88. The lowest BCUT2D eigenvalue weighted by Gasteiger charge is -2.24. The molecule has 0 amide bonds. The Morgan fingerprint density at radius 2 is 1.92 bits per heavy atom. The van der Waals surface area contributed by atoms with E-state index in [9.17, 15) is 0 Å². The van der Waals surface area contributed by atoms with Gasteiger partial charge in [0.2, 0.25) is 0 Å². The third kappa shape index (κ3) is 7.13.